The second-order valence-corrected chi connectivity index (χ2v) is 7.34. The molecule has 2 aliphatic heterocycles. The van der Waals surface area contributed by atoms with E-state index in [1.165, 1.54) is 33.4 Å². The minimum absolute atomic E-state index is 0.0993. The van der Waals surface area contributed by atoms with Gasteiger partial charge in [-0.3, -0.25) is 9.59 Å². The van der Waals surface area contributed by atoms with Gasteiger partial charge >= 0.3 is 11.9 Å². The van der Waals surface area contributed by atoms with Crippen LogP contribution in [-0.2, 0) is 35.3 Å². The predicted octanol–water partition coefficient (Wildman–Crippen LogP) is 4.82. The van der Waals surface area contributed by atoms with Crippen LogP contribution in [0.2, 0.25) is 0 Å². The van der Waals surface area contributed by atoms with E-state index < -0.39 is 0 Å². The molecule has 0 saturated heterocycles. The SMILES string of the molecule is CCc1c(C)ccc2c1CCC(=O)O2.CCc1c(C)ccc2c1OC(=O)CC2. The maximum absolute atomic E-state index is 11.2. The van der Waals surface area contributed by atoms with Crippen molar-refractivity contribution < 1.29 is 19.1 Å². The molecule has 0 unspecified atom stereocenters. The number of fused-ring (bicyclic) bond motifs is 2. The third-order valence-corrected chi connectivity index (χ3v) is 5.52. The Balaban J connectivity index is 0.000000161. The van der Waals surface area contributed by atoms with Crippen LogP contribution in [0.4, 0.5) is 0 Å². The highest BCUT2D eigenvalue weighted by Gasteiger charge is 2.21. The number of benzene rings is 2. The number of carbonyl (C=O) groups is 2. The van der Waals surface area contributed by atoms with Crippen molar-refractivity contribution in [1.82, 2.24) is 0 Å². The third kappa shape index (κ3) is 4.11. The first-order valence-corrected chi connectivity index (χ1v) is 10.1. The Morgan fingerprint density at radius 3 is 2.07 bits per heavy atom. The number of rotatable bonds is 2. The molecule has 0 atom stereocenters. The Labute approximate surface area is 166 Å². The summed E-state index contributed by atoms with van der Waals surface area (Å²) in [5.74, 6) is 1.38. The van der Waals surface area contributed by atoms with Crippen LogP contribution in [-0.4, -0.2) is 11.9 Å². The first-order chi connectivity index (χ1) is 13.4. The Bertz CT molecular complexity index is 911. The van der Waals surface area contributed by atoms with Gasteiger partial charge in [0.25, 0.3) is 0 Å². The lowest BCUT2D eigenvalue weighted by molar-refractivity contribution is -0.136. The molecule has 0 bridgehead atoms. The minimum Gasteiger partial charge on any atom is -0.426 e. The monoisotopic (exact) mass is 380 g/mol. The van der Waals surface area contributed by atoms with Crippen LogP contribution < -0.4 is 9.47 Å². The van der Waals surface area contributed by atoms with Gasteiger partial charge in [-0.1, -0.05) is 32.0 Å². The van der Waals surface area contributed by atoms with Gasteiger partial charge in [-0.2, -0.15) is 0 Å². The van der Waals surface area contributed by atoms with Crippen LogP contribution in [0.15, 0.2) is 24.3 Å². The van der Waals surface area contributed by atoms with Gasteiger partial charge in [0.05, 0.1) is 12.8 Å². The molecule has 4 rings (SSSR count). The smallest absolute Gasteiger partial charge is 0.311 e. The molecule has 0 aromatic heterocycles. The molecule has 0 spiro atoms. The maximum Gasteiger partial charge on any atom is 0.311 e. The quantitative estimate of drug-likeness (QED) is 0.554. The average Bonchev–Trinajstić information content (AvgIpc) is 2.68. The Hall–Kier alpha value is -2.62. The molecule has 4 heteroatoms. The van der Waals surface area contributed by atoms with E-state index in [9.17, 15) is 9.59 Å². The van der Waals surface area contributed by atoms with Gasteiger partial charge in [-0.05, 0) is 79.0 Å². The van der Waals surface area contributed by atoms with Gasteiger partial charge in [0.1, 0.15) is 11.5 Å². The van der Waals surface area contributed by atoms with Crippen molar-refractivity contribution in [3.8, 4) is 11.5 Å². The van der Waals surface area contributed by atoms with E-state index in [2.05, 4.69) is 39.8 Å². The van der Waals surface area contributed by atoms with Crippen LogP contribution in [0.1, 0.15) is 60.1 Å². The molecule has 2 aromatic rings. The second-order valence-electron chi connectivity index (χ2n) is 7.34. The minimum atomic E-state index is -0.108. The fourth-order valence-corrected chi connectivity index (χ4v) is 3.99. The molecule has 0 amide bonds. The molecule has 0 radical (unpaired) electrons. The van der Waals surface area contributed by atoms with E-state index >= 15 is 0 Å². The fourth-order valence-electron chi connectivity index (χ4n) is 3.99. The summed E-state index contributed by atoms with van der Waals surface area (Å²) in [6.45, 7) is 8.39. The van der Waals surface area contributed by atoms with Crippen LogP contribution in [0.5, 0.6) is 11.5 Å². The molecule has 2 aromatic carbocycles. The Kier molecular flexibility index (Phi) is 6.18. The highest BCUT2D eigenvalue weighted by molar-refractivity contribution is 5.76. The molecule has 0 aliphatic carbocycles. The molecule has 4 nitrogen and oxygen atoms in total. The van der Waals surface area contributed by atoms with E-state index in [1.54, 1.807) is 0 Å². The van der Waals surface area contributed by atoms with Crippen LogP contribution in [0, 0.1) is 13.8 Å². The molecule has 148 valence electrons. The lowest BCUT2D eigenvalue weighted by Gasteiger charge is -2.19. The first-order valence-electron chi connectivity index (χ1n) is 10.1. The Morgan fingerprint density at radius 2 is 1.36 bits per heavy atom. The van der Waals surface area contributed by atoms with E-state index in [0.717, 1.165) is 37.2 Å². The lowest BCUT2D eigenvalue weighted by atomic mass is 9.94. The number of hydrogen-bond acceptors (Lipinski definition) is 4. The van der Waals surface area contributed by atoms with E-state index in [0.29, 0.717) is 12.8 Å². The van der Waals surface area contributed by atoms with E-state index in [1.807, 2.05) is 12.1 Å². The normalized spacial score (nSPS) is 14.9. The topological polar surface area (TPSA) is 52.6 Å². The first kappa shape index (κ1) is 20.1. The summed E-state index contributed by atoms with van der Waals surface area (Å²) < 4.78 is 10.5. The third-order valence-electron chi connectivity index (χ3n) is 5.52. The largest absolute Gasteiger partial charge is 0.426 e. The fraction of sp³-hybridized carbons (Fsp3) is 0.417. The molecular weight excluding hydrogens is 352 g/mol. The van der Waals surface area contributed by atoms with Crippen molar-refractivity contribution in [2.24, 2.45) is 0 Å². The highest BCUT2D eigenvalue weighted by atomic mass is 16.5. The summed E-state index contributed by atoms with van der Waals surface area (Å²) in [5, 5.41) is 0. The molecule has 0 saturated carbocycles. The van der Waals surface area contributed by atoms with Crippen LogP contribution in [0.25, 0.3) is 0 Å². The maximum atomic E-state index is 11.2. The molecule has 28 heavy (non-hydrogen) atoms. The van der Waals surface area contributed by atoms with Crippen molar-refractivity contribution in [3.63, 3.8) is 0 Å². The van der Waals surface area contributed by atoms with Gasteiger partial charge in [0.2, 0.25) is 0 Å². The van der Waals surface area contributed by atoms with Gasteiger partial charge < -0.3 is 9.47 Å². The highest BCUT2D eigenvalue weighted by Crippen LogP contribution is 2.32. The molecule has 0 fully saturated rings. The summed E-state index contributed by atoms with van der Waals surface area (Å²) >= 11 is 0. The second kappa shape index (κ2) is 8.59. The predicted molar refractivity (Wildman–Crippen MR) is 109 cm³/mol. The lowest BCUT2D eigenvalue weighted by Crippen LogP contribution is -2.17. The van der Waals surface area contributed by atoms with Gasteiger partial charge in [0, 0.05) is 0 Å². The zero-order chi connectivity index (χ0) is 20.3. The van der Waals surface area contributed by atoms with Gasteiger partial charge in [-0.15, -0.1) is 0 Å². The average molecular weight is 380 g/mol. The van der Waals surface area contributed by atoms with Crippen molar-refractivity contribution in [2.45, 2.75) is 66.2 Å². The number of carbonyl (C=O) groups excluding carboxylic acids is 2. The van der Waals surface area contributed by atoms with Crippen molar-refractivity contribution in [2.75, 3.05) is 0 Å². The molecule has 0 N–H and O–H groups in total. The summed E-state index contributed by atoms with van der Waals surface area (Å²) in [5.41, 5.74) is 7.43. The number of hydrogen-bond donors (Lipinski definition) is 0. The zero-order valence-corrected chi connectivity index (χ0v) is 17.2. The van der Waals surface area contributed by atoms with E-state index in [-0.39, 0.29) is 11.9 Å². The molecule has 2 heterocycles. The summed E-state index contributed by atoms with van der Waals surface area (Å²) in [6, 6.07) is 8.10. The standard InChI is InChI=1S/2C12H14O2/c1-3-9-8(2)4-6-11-10(9)5-7-12(13)14-11;1-3-10-8(2)4-5-9-6-7-11(13)14-12(9)10/h4,6H,3,5,7H2,1-2H3;4-5H,3,6-7H2,1-2H3. The number of esters is 2. The summed E-state index contributed by atoms with van der Waals surface area (Å²) in [6.07, 6.45) is 4.61. The number of ether oxygens (including phenoxy) is 2. The van der Waals surface area contributed by atoms with Crippen LogP contribution in [0.3, 0.4) is 0 Å². The van der Waals surface area contributed by atoms with Gasteiger partial charge in [-0.25, -0.2) is 0 Å². The zero-order valence-electron chi connectivity index (χ0n) is 17.2. The van der Waals surface area contributed by atoms with Crippen LogP contribution >= 0.6 is 0 Å². The van der Waals surface area contributed by atoms with E-state index in [4.69, 9.17) is 9.47 Å². The van der Waals surface area contributed by atoms with Crippen molar-refractivity contribution in [3.05, 3.63) is 57.6 Å². The van der Waals surface area contributed by atoms with Crippen molar-refractivity contribution in [1.29, 1.82) is 0 Å². The Morgan fingerprint density at radius 1 is 0.750 bits per heavy atom. The summed E-state index contributed by atoms with van der Waals surface area (Å²) in [7, 11) is 0. The molecular formula is C24H28O4. The number of aryl methyl sites for hydroxylation is 3. The molecule has 2 aliphatic rings. The van der Waals surface area contributed by atoms with Gasteiger partial charge in [0.15, 0.2) is 0 Å². The summed E-state index contributed by atoms with van der Waals surface area (Å²) in [4.78, 5) is 22.3. The van der Waals surface area contributed by atoms with Crippen molar-refractivity contribution >= 4 is 11.9 Å².